The number of benzene rings is 3. The van der Waals surface area contributed by atoms with Gasteiger partial charge < -0.3 is 14.2 Å². The number of thioether (sulfide) groups is 1. The molecule has 3 aromatic carbocycles. The molecular weight excluding hydrogens is 561 g/mol. The number of nitrogens with zero attached hydrogens (tertiary/aromatic N) is 1. The summed E-state index contributed by atoms with van der Waals surface area (Å²) in [6, 6.07) is 14.4. The molecule has 1 heterocycles. The number of methoxy groups -OCH3 is 2. The molecular formula is C26H18Cl3NO6S. The first-order valence-corrected chi connectivity index (χ1v) is 12.6. The highest BCUT2D eigenvalue weighted by Gasteiger charge is 2.36. The van der Waals surface area contributed by atoms with Crippen LogP contribution in [-0.2, 0) is 11.3 Å². The third kappa shape index (κ3) is 5.88. The van der Waals surface area contributed by atoms with Gasteiger partial charge >= 0.3 is 5.97 Å². The van der Waals surface area contributed by atoms with Gasteiger partial charge in [0.15, 0.2) is 11.5 Å². The SMILES string of the molecule is COc1ccc(C(=O)Oc2c(Cl)cc(/C=C3\SC(=O)N(Cc4c(Cl)cccc4Cl)C3=O)cc2OC)cc1. The largest absolute Gasteiger partial charge is 0.497 e. The van der Waals surface area contributed by atoms with Crippen molar-refractivity contribution in [2.75, 3.05) is 14.2 Å². The molecule has 37 heavy (non-hydrogen) atoms. The zero-order chi connectivity index (χ0) is 26.7. The highest BCUT2D eigenvalue weighted by molar-refractivity contribution is 8.18. The molecule has 0 unspecified atom stereocenters. The van der Waals surface area contributed by atoms with E-state index in [0.717, 1.165) is 16.7 Å². The van der Waals surface area contributed by atoms with Crippen molar-refractivity contribution in [3.63, 3.8) is 0 Å². The summed E-state index contributed by atoms with van der Waals surface area (Å²) < 4.78 is 15.9. The fourth-order valence-electron chi connectivity index (χ4n) is 3.43. The average Bonchev–Trinajstić information content (AvgIpc) is 3.14. The summed E-state index contributed by atoms with van der Waals surface area (Å²) in [5.41, 5.74) is 1.23. The van der Waals surface area contributed by atoms with Crippen LogP contribution >= 0.6 is 46.6 Å². The molecule has 0 aliphatic carbocycles. The summed E-state index contributed by atoms with van der Waals surface area (Å²) in [5.74, 6) is -0.367. The lowest BCUT2D eigenvalue weighted by Gasteiger charge is -2.15. The maximum Gasteiger partial charge on any atom is 0.343 e. The summed E-state index contributed by atoms with van der Waals surface area (Å²) >= 11 is 19.6. The predicted octanol–water partition coefficient (Wildman–Crippen LogP) is 7.12. The zero-order valence-corrected chi connectivity index (χ0v) is 22.5. The third-order valence-corrected chi connectivity index (χ3v) is 7.22. The quantitative estimate of drug-likeness (QED) is 0.168. The molecule has 0 radical (unpaired) electrons. The van der Waals surface area contributed by atoms with Crippen LogP contribution in [0.5, 0.6) is 17.2 Å². The minimum absolute atomic E-state index is 0.0172. The Labute approximate surface area is 231 Å². The van der Waals surface area contributed by atoms with Gasteiger partial charge in [-0.05, 0) is 71.9 Å². The van der Waals surface area contributed by atoms with Gasteiger partial charge in [-0.1, -0.05) is 40.9 Å². The fraction of sp³-hybridized carbons (Fsp3) is 0.115. The average molecular weight is 579 g/mol. The standard InChI is InChI=1S/C26H18Cl3NO6S/c1-34-16-8-6-15(7-9-16)25(32)36-23-20(29)10-14(11-21(23)35-2)12-22-24(31)30(26(33)37-22)13-17-18(27)4-3-5-19(17)28/h3-12H,13H2,1-2H3/b22-12-. The van der Waals surface area contributed by atoms with Crippen LogP contribution in [0.25, 0.3) is 6.08 Å². The Bertz CT molecular complexity index is 1400. The van der Waals surface area contributed by atoms with E-state index < -0.39 is 17.1 Å². The van der Waals surface area contributed by atoms with Crippen LogP contribution in [0.15, 0.2) is 59.5 Å². The highest BCUT2D eigenvalue weighted by atomic mass is 35.5. The Morgan fingerprint density at radius 1 is 0.946 bits per heavy atom. The van der Waals surface area contributed by atoms with Gasteiger partial charge in [0, 0.05) is 15.6 Å². The number of hydrogen-bond donors (Lipinski definition) is 0. The first kappa shape index (κ1) is 26.9. The molecule has 3 aromatic rings. The van der Waals surface area contributed by atoms with E-state index in [2.05, 4.69) is 0 Å². The normalized spacial score (nSPS) is 14.3. The number of esters is 1. The second-order valence-electron chi connectivity index (χ2n) is 7.62. The molecule has 7 nitrogen and oxygen atoms in total. The minimum atomic E-state index is -0.644. The summed E-state index contributed by atoms with van der Waals surface area (Å²) in [4.78, 5) is 39.4. The molecule has 1 fully saturated rings. The summed E-state index contributed by atoms with van der Waals surface area (Å²) in [5, 5.41) is 0.323. The fourth-order valence-corrected chi connectivity index (χ4v) is 5.04. The number of hydrogen-bond acceptors (Lipinski definition) is 7. The lowest BCUT2D eigenvalue weighted by molar-refractivity contribution is -0.123. The second-order valence-corrected chi connectivity index (χ2v) is 9.83. The molecule has 11 heteroatoms. The van der Waals surface area contributed by atoms with Crippen LogP contribution in [-0.4, -0.2) is 36.2 Å². The maximum atomic E-state index is 13.0. The third-order valence-electron chi connectivity index (χ3n) is 5.32. The van der Waals surface area contributed by atoms with Crippen molar-refractivity contribution in [3.8, 4) is 17.2 Å². The van der Waals surface area contributed by atoms with Crippen LogP contribution in [0.4, 0.5) is 4.79 Å². The van der Waals surface area contributed by atoms with Crippen molar-refractivity contribution >= 4 is 69.8 Å². The Hall–Kier alpha value is -3.17. The van der Waals surface area contributed by atoms with Crippen LogP contribution in [0, 0.1) is 0 Å². The van der Waals surface area contributed by atoms with E-state index in [4.69, 9.17) is 49.0 Å². The topological polar surface area (TPSA) is 82.1 Å². The monoisotopic (exact) mass is 577 g/mol. The van der Waals surface area contributed by atoms with E-state index in [-0.39, 0.29) is 33.5 Å². The summed E-state index contributed by atoms with van der Waals surface area (Å²) in [6.45, 7) is -0.0646. The van der Waals surface area contributed by atoms with E-state index in [1.54, 1.807) is 48.5 Å². The number of carbonyl (C=O) groups excluding carboxylic acids is 3. The van der Waals surface area contributed by atoms with E-state index >= 15 is 0 Å². The maximum absolute atomic E-state index is 13.0. The molecule has 0 bridgehead atoms. The first-order valence-electron chi connectivity index (χ1n) is 10.6. The molecule has 0 saturated carbocycles. The van der Waals surface area contributed by atoms with E-state index in [1.165, 1.54) is 26.4 Å². The molecule has 1 saturated heterocycles. The number of ether oxygens (including phenoxy) is 3. The van der Waals surface area contributed by atoms with Crippen molar-refractivity contribution in [2.24, 2.45) is 0 Å². The molecule has 0 spiro atoms. The van der Waals surface area contributed by atoms with Crippen LogP contribution < -0.4 is 14.2 Å². The van der Waals surface area contributed by atoms with Crippen molar-refractivity contribution in [1.82, 2.24) is 4.90 Å². The molecule has 0 aromatic heterocycles. The van der Waals surface area contributed by atoms with Crippen LogP contribution in [0.1, 0.15) is 21.5 Å². The summed E-state index contributed by atoms with van der Waals surface area (Å²) in [6.07, 6.45) is 1.50. The molecule has 190 valence electrons. The lowest BCUT2D eigenvalue weighted by atomic mass is 10.1. The van der Waals surface area contributed by atoms with Crippen molar-refractivity contribution in [2.45, 2.75) is 6.54 Å². The molecule has 2 amide bonds. The zero-order valence-electron chi connectivity index (χ0n) is 19.4. The molecule has 1 aliphatic heterocycles. The van der Waals surface area contributed by atoms with Gasteiger partial charge in [0.1, 0.15) is 5.75 Å². The Balaban J connectivity index is 1.56. The summed E-state index contributed by atoms with van der Waals surface area (Å²) in [7, 11) is 2.91. The number of rotatable bonds is 7. The Morgan fingerprint density at radius 3 is 2.24 bits per heavy atom. The van der Waals surface area contributed by atoms with Gasteiger partial charge in [-0.2, -0.15) is 0 Å². The number of halogens is 3. The molecule has 0 atom stereocenters. The number of amides is 2. The van der Waals surface area contributed by atoms with Crippen LogP contribution in [0.3, 0.4) is 0 Å². The van der Waals surface area contributed by atoms with Gasteiger partial charge in [0.05, 0.1) is 36.3 Å². The molecule has 0 N–H and O–H groups in total. The van der Waals surface area contributed by atoms with Gasteiger partial charge in [0.2, 0.25) is 0 Å². The Kier molecular flexibility index (Phi) is 8.34. The van der Waals surface area contributed by atoms with Gasteiger partial charge in [-0.15, -0.1) is 0 Å². The van der Waals surface area contributed by atoms with Crippen molar-refractivity contribution in [1.29, 1.82) is 0 Å². The van der Waals surface area contributed by atoms with E-state index in [0.29, 0.717) is 26.9 Å². The van der Waals surface area contributed by atoms with Gasteiger partial charge in [0.25, 0.3) is 11.1 Å². The Morgan fingerprint density at radius 2 is 1.62 bits per heavy atom. The molecule has 1 aliphatic rings. The highest BCUT2D eigenvalue weighted by Crippen LogP contribution is 2.40. The number of carbonyl (C=O) groups is 3. The molecule has 4 rings (SSSR count). The second kappa shape index (κ2) is 11.5. The predicted molar refractivity (Wildman–Crippen MR) is 144 cm³/mol. The van der Waals surface area contributed by atoms with E-state index in [9.17, 15) is 14.4 Å². The minimum Gasteiger partial charge on any atom is -0.497 e. The smallest absolute Gasteiger partial charge is 0.343 e. The van der Waals surface area contributed by atoms with Crippen LogP contribution in [0.2, 0.25) is 15.1 Å². The van der Waals surface area contributed by atoms with Crippen molar-refractivity contribution in [3.05, 3.63) is 91.3 Å². The van der Waals surface area contributed by atoms with Gasteiger partial charge in [-0.3, -0.25) is 14.5 Å². The van der Waals surface area contributed by atoms with Gasteiger partial charge in [-0.25, -0.2) is 4.79 Å². The van der Waals surface area contributed by atoms with E-state index in [1.807, 2.05) is 0 Å². The first-order chi connectivity index (χ1) is 17.7. The number of imide groups is 1. The lowest BCUT2D eigenvalue weighted by Crippen LogP contribution is -2.27. The van der Waals surface area contributed by atoms with Crippen molar-refractivity contribution < 1.29 is 28.6 Å².